The molecule has 0 aromatic heterocycles. The minimum absolute atomic E-state index is 0.387. The van der Waals surface area contributed by atoms with Gasteiger partial charge >= 0.3 is 6.09 Å². The zero-order valence-electron chi connectivity index (χ0n) is 5.26. The van der Waals surface area contributed by atoms with Crippen molar-refractivity contribution in [1.29, 1.82) is 0 Å². The number of carbonyl (C=O) groups is 1. The van der Waals surface area contributed by atoms with Crippen molar-refractivity contribution in [3.63, 3.8) is 0 Å². The number of amides is 1. The number of nitrogens with one attached hydrogen (secondary N) is 1. The van der Waals surface area contributed by atoms with E-state index in [-0.39, 0.29) is 6.09 Å². The van der Waals surface area contributed by atoms with Crippen LogP contribution >= 0.6 is 0 Å². The quantitative estimate of drug-likeness (QED) is 0.349. The highest BCUT2D eigenvalue weighted by Crippen LogP contribution is 1.69. The maximum atomic E-state index is 10.3. The van der Waals surface area contributed by atoms with Gasteiger partial charge in [-0.15, -0.1) is 0 Å². The molecular weight excluding hydrogens is 124 g/mol. The molecule has 0 aliphatic rings. The van der Waals surface area contributed by atoms with E-state index in [1.807, 2.05) is 0 Å². The minimum atomic E-state index is -0.387. The number of hydrogen-bond donors (Lipinski definition) is 1. The molecule has 0 aliphatic carbocycles. The van der Waals surface area contributed by atoms with Crippen molar-refractivity contribution in [2.24, 2.45) is 0 Å². The molecule has 1 N–H and O–H groups in total. The molecule has 0 aromatic carbocycles. The molecule has 0 spiro atoms. The van der Waals surface area contributed by atoms with E-state index in [4.69, 9.17) is 0 Å². The Bertz CT molecular complexity index is 85.4. The van der Waals surface area contributed by atoms with Crippen LogP contribution in [0.1, 0.15) is 0 Å². The Balaban J connectivity index is 3.25. The Hall–Kier alpha value is -0.553. The van der Waals surface area contributed by atoms with E-state index >= 15 is 0 Å². The van der Waals surface area contributed by atoms with Gasteiger partial charge < -0.3 is 4.43 Å². The fourth-order valence-electron chi connectivity index (χ4n) is 0.228. The second-order valence-electron chi connectivity index (χ2n) is 1.50. The lowest BCUT2D eigenvalue weighted by Gasteiger charge is -2.09. The third kappa shape index (κ3) is 3.63. The van der Waals surface area contributed by atoms with Crippen LogP contribution in [0.3, 0.4) is 0 Å². The predicted molar refractivity (Wildman–Crippen MR) is 33.2 cm³/mol. The fourth-order valence-corrected chi connectivity index (χ4v) is 0.320. The average molecular weight is 134 g/mol. The van der Waals surface area contributed by atoms with Crippen LogP contribution in [0, 0.1) is 0 Å². The zero-order valence-corrected chi connectivity index (χ0v) is 7.26. The van der Waals surface area contributed by atoms with Gasteiger partial charge in [0.15, 0.2) is 0 Å². The molecule has 5 heteroatoms. The van der Waals surface area contributed by atoms with Crippen LogP contribution in [0.15, 0.2) is 0 Å². The Morgan fingerprint density at radius 1 is 1.75 bits per heavy atom. The molecule has 8 heavy (non-hydrogen) atoms. The summed E-state index contributed by atoms with van der Waals surface area (Å²) in [6.45, 7) is 0. The molecule has 0 rings (SSSR count). The highest BCUT2D eigenvalue weighted by atomic mass is 28.2. The number of hydrogen-bond acceptors (Lipinski definition) is 3. The van der Waals surface area contributed by atoms with Gasteiger partial charge in [-0.05, 0) is 0 Å². The number of rotatable bonds is 1. The molecule has 0 fully saturated rings. The molecule has 0 radical (unpaired) electrons. The van der Waals surface area contributed by atoms with Crippen LogP contribution in [-0.2, 0) is 4.43 Å². The van der Waals surface area contributed by atoms with Crippen LogP contribution in [0.5, 0.6) is 0 Å². The van der Waals surface area contributed by atoms with E-state index in [1.54, 1.807) is 14.1 Å². The second-order valence-corrected chi connectivity index (χ2v) is 1.91. The summed E-state index contributed by atoms with van der Waals surface area (Å²) in [5.74, 6) is 0. The third-order valence-corrected chi connectivity index (χ3v) is 0.871. The summed E-state index contributed by atoms with van der Waals surface area (Å²) in [6.07, 6.45) is -0.387. The smallest absolute Gasteiger partial charge is 0.407 e. The lowest BCUT2D eigenvalue weighted by molar-refractivity contribution is 0.175. The van der Waals surface area contributed by atoms with Gasteiger partial charge in [0.1, 0.15) is 0 Å². The van der Waals surface area contributed by atoms with E-state index in [9.17, 15) is 4.79 Å². The first-order valence-electron chi connectivity index (χ1n) is 2.18. The summed E-state index contributed by atoms with van der Waals surface area (Å²) in [5.41, 5.74) is 2.40. The molecule has 0 aliphatic heterocycles. The molecule has 0 atom stereocenters. The number of carbonyl (C=O) groups excluding carboxylic acids is 1. The Morgan fingerprint density at radius 3 is 2.38 bits per heavy atom. The summed E-state index contributed by atoms with van der Waals surface area (Å²) >= 11 is 0. The summed E-state index contributed by atoms with van der Waals surface area (Å²) in [7, 11) is 3.88. The standard InChI is InChI=1S/C3H10N2O2Si/c1-5(2)4-3(6)7-8/h1-2,8H3,(H,4,6). The van der Waals surface area contributed by atoms with Crippen LogP contribution in [0.25, 0.3) is 0 Å². The van der Waals surface area contributed by atoms with Gasteiger partial charge in [-0.3, -0.25) is 5.43 Å². The monoisotopic (exact) mass is 134 g/mol. The van der Waals surface area contributed by atoms with Crippen molar-refractivity contribution in [3.05, 3.63) is 0 Å². The molecule has 0 heterocycles. The highest BCUT2D eigenvalue weighted by Gasteiger charge is 1.94. The van der Waals surface area contributed by atoms with Crippen molar-refractivity contribution in [2.45, 2.75) is 0 Å². The van der Waals surface area contributed by atoms with E-state index in [0.717, 1.165) is 0 Å². The number of hydrazine groups is 1. The highest BCUT2D eigenvalue weighted by molar-refractivity contribution is 6.04. The first-order chi connectivity index (χ1) is 3.66. The minimum Gasteiger partial charge on any atom is -0.512 e. The molecule has 0 aromatic rings. The van der Waals surface area contributed by atoms with Crippen molar-refractivity contribution in [3.8, 4) is 0 Å². The maximum Gasteiger partial charge on any atom is 0.407 e. The zero-order chi connectivity index (χ0) is 6.57. The van der Waals surface area contributed by atoms with E-state index < -0.39 is 0 Å². The second kappa shape index (κ2) is 3.45. The van der Waals surface area contributed by atoms with E-state index in [1.165, 1.54) is 5.01 Å². The number of nitrogens with zero attached hydrogens (tertiary/aromatic N) is 1. The van der Waals surface area contributed by atoms with Crippen molar-refractivity contribution in [1.82, 2.24) is 10.4 Å². The Kier molecular flexibility index (Phi) is 3.21. The SMILES string of the molecule is CN(C)NC(=O)O[SiH3]. The summed E-state index contributed by atoms with van der Waals surface area (Å²) in [4.78, 5) is 10.3. The molecule has 1 amide bonds. The van der Waals surface area contributed by atoms with Gasteiger partial charge in [0.05, 0.1) is 0 Å². The summed E-state index contributed by atoms with van der Waals surface area (Å²) in [5, 5.41) is 1.53. The van der Waals surface area contributed by atoms with Crippen LogP contribution in [0.4, 0.5) is 4.79 Å². The fraction of sp³-hybridized carbons (Fsp3) is 0.667. The average Bonchev–Trinajstić information content (AvgIpc) is 1.65. The first kappa shape index (κ1) is 7.45. The lowest BCUT2D eigenvalue weighted by atomic mass is 11.1. The van der Waals surface area contributed by atoms with Gasteiger partial charge in [-0.1, -0.05) is 0 Å². The molecule has 0 saturated heterocycles. The maximum absolute atomic E-state index is 10.3. The molecule has 0 unspecified atom stereocenters. The predicted octanol–water partition coefficient (Wildman–Crippen LogP) is -1.53. The molecular formula is C3H10N2O2Si. The topological polar surface area (TPSA) is 41.6 Å². The Labute approximate surface area is 51.3 Å². The summed E-state index contributed by atoms with van der Waals surface area (Å²) in [6, 6.07) is 0. The van der Waals surface area contributed by atoms with Crippen LogP contribution in [0.2, 0.25) is 0 Å². The van der Waals surface area contributed by atoms with E-state index in [2.05, 4.69) is 9.85 Å². The molecule has 48 valence electrons. The Morgan fingerprint density at radius 2 is 2.25 bits per heavy atom. The van der Waals surface area contributed by atoms with Crippen molar-refractivity contribution >= 4 is 16.6 Å². The first-order valence-corrected chi connectivity index (χ1v) is 3.00. The molecule has 0 bridgehead atoms. The van der Waals surface area contributed by atoms with Crippen LogP contribution < -0.4 is 5.43 Å². The van der Waals surface area contributed by atoms with E-state index in [0.29, 0.717) is 10.5 Å². The van der Waals surface area contributed by atoms with Crippen molar-refractivity contribution in [2.75, 3.05) is 14.1 Å². The third-order valence-electron chi connectivity index (χ3n) is 0.500. The van der Waals surface area contributed by atoms with Gasteiger partial charge in [0.25, 0.3) is 0 Å². The molecule has 4 nitrogen and oxygen atoms in total. The van der Waals surface area contributed by atoms with Gasteiger partial charge in [0.2, 0.25) is 10.5 Å². The largest absolute Gasteiger partial charge is 0.512 e. The lowest BCUT2D eigenvalue weighted by Crippen LogP contribution is -2.36. The summed E-state index contributed by atoms with van der Waals surface area (Å²) < 4.78 is 4.41. The molecule has 0 saturated carbocycles. The van der Waals surface area contributed by atoms with Gasteiger partial charge in [-0.2, -0.15) is 0 Å². The van der Waals surface area contributed by atoms with Crippen LogP contribution in [-0.4, -0.2) is 35.7 Å². The van der Waals surface area contributed by atoms with Gasteiger partial charge in [0, 0.05) is 14.1 Å². The van der Waals surface area contributed by atoms with Crippen molar-refractivity contribution < 1.29 is 9.22 Å². The normalized spacial score (nSPS) is 9.38. The van der Waals surface area contributed by atoms with Gasteiger partial charge in [-0.25, -0.2) is 9.80 Å².